The Kier molecular flexibility index (Phi) is 6.78. The van der Waals surface area contributed by atoms with Crippen molar-refractivity contribution in [2.24, 2.45) is 0 Å². The van der Waals surface area contributed by atoms with Crippen molar-refractivity contribution in [3.05, 3.63) is 65.2 Å². The van der Waals surface area contributed by atoms with Gasteiger partial charge in [0.05, 0.1) is 0 Å². The summed E-state index contributed by atoms with van der Waals surface area (Å²) in [6.07, 6.45) is 1.62. The average Bonchev–Trinajstić information content (AvgIpc) is 2.65. The van der Waals surface area contributed by atoms with Crippen LogP contribution in [0.3, 0.4) is 0 Å². The van der Waals surface area contributed by atoms with Gasteiger partial charge in [-0.25, -0.2) is 4.79 Å². The molecule has 138 valence electrons. The molecule has 0 fully saturated rings. The van der Waals surface area contributed by atoms with Gasteiger partial charge in [-0.15, -0.1) is 0 Å². The minimum Gasteiger partial charge on any atom is -0.482 e. The smallest absolute Gasteiger partial charge is 0.341 e. The molecule has 5 heteroatoms. The highest BCUT2D eigenvalue weighted by Crippen LogP contribution is 2.18. The molecule has 0 radical (unpaired) electrons. The van der Waals surface area contributed by atoms with Crippen molar-refractivity contribution in [3.63, 3.8) is 0 Å². The molecule has 0 aliphatic rings. The summed E-state index contributed by atoms with van der Waals surface area (Å²) in [6, 6.07) is 15.1. The first kappa shape index (κ1) is 19.5. The Balaban J connectivity index is 2.09. The quantitative estimate of drug-likeness (QED) is 0.786. The molecule has 0 aromatic heterocycles. The minimum atomic E-state index is -1.05. The molecule has 1 N–H and O–H groups in total. The van der Waals surface area contributed by atoms with Gasteiger partial charge in [0.25, 0.3) is 5.91 Å². The second-order valence-electron chi connectivity index (χ2n) is 6.38. The Bertz CT molecular complexity index is 755. The molecule has 0 heterocycles. The maximum absolute atomic E-state index is 12.8. The molecular weight excluding hydrogens is 330 g/mol. The van der Waals surface area contributed by atoms with Crippen LogP contribution < -0.4 is 4.74 Å². The van der Waals surface area contributed by atoms with Crippen LogP contribution in [0.5, 0.6) is 5.75 Å². The molecule has 1 amide bonds. The number of rotatable bonds is 8. The molecule has 0 saturated heterocycles. The summed E-state index contributed by atoms with van der Waals surface area (Å²) in [6.45, 7) is 3.68. The Hall–Kier alpha value is -2.82. The van der Waals surface area contributed by atoms with Gasteiger partial charge in [0.2, 0.25) is 0 Å². The van der Waals surface area contributed by atoms with Gasteiger partial charge < -0.3 is 14.7 Å². The number of hydrogen-bond acceptors (Lipinski definition) is 3. The van der Waals surface area contributed by atoms with Crippen LogP contribution in [0.25, 0.3) is 0 Å². The second kappa shape index (κ2) is 9.04. The largest absolute Gasteiger partial charge is 0.482 e. The van der Waals surface area contributed by atoms with E-state index in [1.807, 2.05) is 0 Å². The number of carbonyl (C=O) groups excluding carboxylic acids is 1. The maximum atomic E-state index is 12.8. The number of carbonyl (C=O) groups is 2. The number of amides is 1. The Morgan fingerprint density at radius 1 is 1.15 bits per heavy atom. The minimum absolute atomic E-state index is 0.0776. The number of aryl methyl sites for hydroxylation is 1. The number of carboxylic acids is 1. The third kappa shape index (κ3) is 5.34. The topological polar surface area (TPSA) is 66.8 Å². The van der Waals surface area contributed by atoms with E-state index in [-0.39, 0.29) is 11.9 Å². The van der Waals surface area contributed by atoms with E-state index >= 15 is 0 Å². The van der Waals surface area contributed by atoms with E-state index < -0.39 is 12.6 Å². The van der Waals surface area contributed by atoms with E-state index in [1.54, 1.807) is 36.2 Å². The van der Waals surface area contributed by atoms with Gasteiger partial charge >= 0.3 is 5.97 Å². The summed E-state index contributed by atoms with van der Waals surface area (Å²) in [5.41, 5.74) is 2.89. The van der Waals surface area contributed by atoms with Crippen molar-refractivity contribution in [1.82, 2.24) is 4.90 Å². The summed E-state index contributed by atoms with van der Waals surface area (Å²) in [7, 11) is 1.80. The summed E-state index contributed by atoms with van der Waals surface area (Å²) in [4.78, 5) is 25.2. The van der Waals surface area contributed by atoms with E-state index in [9.17, 15) is 9.59 Å². The van der Waals surface area contributed by atoms with Crippen LogP contribution in [-0.4, -0.2) is 41.6 Å². The second-order valence-corrected chi connectivity index (χ2v) is 6.38. The third-order valence-corrected chi connectivity index (χ3v) is 4.37. The van der Waals surface area contributed by atoms with E-state index in [1.165, 1.54) is 11.1 Å². The van der Waals surface area contributed by atoms with Gasteiger partial charge in [0.15, 0.2) is 6.61 Å². The van der Waals surface area contributed by atoms with Crippen molar-refractivity contribution in [2.75, 3.05) is 13.7 Å². The van der Waals surface area contributed by atoms with Gasteiger partial charge in [-0.05, 0) is 43.5 Å². The molecule has 0 saturated carbocycles. The normalized spacial score (nSPS) is 11.7. The Morgan fingerprint density at radius 3 is 2.46 bits per heavy atom. The first-order chi connectivity index (χ1) is 12.4. The number of likely N-dealkylation sites (N-methyl/N-ethyl adjacent to an activating group) is 1. The number of aliphatic carboxylic acids is 1. The zero-order chi connectivity index (χ0) is 19.1. The highest BCUT2D eigenvalue weighted by atomic mass is 16.5. The lowest BCUT2D eigenvalue weighted by Crippen LogP contribution is -2.38. The molecular formula is C21H25NO4. The van der Waals surface area contributed by atoms with Gasteiger partial charge in [-0.2, -0.15) is 0 Å². The third-order valence-electron chi connectivity index (χ3n) is 4.37. The molecule has 0 bridgehead atoms. The number of benzene rings is 2. The molecule has 26 heavy (non-hydrogen) atoms. The van der Waals surface area contributed by atoms with Crippen LogP contribution in [0.1, 0.15) is 34.8 Å². The van der Waals surface area contributed by atoms with Gasteiger partial charge in [0.1, 0.15) is 5.75 Å². The molecule has 1 unspecified atom stereocenters. The highest BCUT2D eigenvalue weighted by molar-refractivity contribution is 5.94. The van der Waals surface area contributed by atoms with E-state index in [0.717, 1.165) is 12.8 Å². The predicted octanol–water partition coefficient (Wildman–Crippen LogP) is 3.55. The predicted molar refractivity (Wildman–Crippen MR) is 101 cm³/mol. The molecule has 0 aliphatic heterocycles. The van der Waals surface area contributed by atoms with Crippen LogP contribution in [-0.2, 0) is 11.2 Å². The van der Waals surface area contributed by atoms with Gasteiger partial charge in [-0.3, -0.25) is 4.79 Å². The molecule has 0 aliphatic carbocycles. The van der Waals surface area contributed by atoms with Gasteiger partial charge in [-0.1, -0.05) is 42.8 Å². The number of hydrogen-bond donors (Lipinski definition) is 1. The maximum Gasteiger partial charge on any atom is 0.341 e. The fourth-order valence-electron chi connectivity index (χ4n) is 2.78. The number of ether oxygens (including phenoxy) is 1. The Labute approximate surface area is 154 Å². The fourth-order valence-corrected chi connectivity index (χ4v) is 2.78. The van der Waals surface area contributed by atoms with Crippen molar-refractivity contribution in [1.29, 1.82) is 0 Å². The first-order valence-corrected chi connectivity index (χ1v) is 8.68. The van der Waals surface area contributed by atoms with Crippen molar-refractivity contribution in [3.8, 4) is 5.75 Å². The van der Waals surface area contributed by atoms with E-state index in [2.05, 4.69) is 38.1 Å². The zero-order valence-corrected chi connectivity index (χ0v) is 15.4. The standard InChI is InChI=1S/C21H25NO4/c1-4-18(12-16-10-8-15(2)9-11-16)22(3)21(25)17-6-5-7-19(13-17)26-14-20(23)24/h5-11,13,18H,4,12,14H2,1-3H3,(H,23,24). The SMILES string of the molecule is CCC(Cc1ccc(C)cc1)N(C)C(=O)c1cccc(OCC(=O)O)c1. The Morgan fingerprint density at radius 2 is 1.85 bits per heavy atom. The fraction of sp³-hybridized carbons (Fsp3) is 0.333. The van der Waals surface area contributed by atoms with Crippen LogP contribution in [0.4, 0.5) is 0 Å². The zero-order valence-electron chi connectivity index (χ0n) is 15.4. The molecule has 5 nitrogen and oxygen atoms in total. The summed E-state index contributed by atoms with van der Waals surface area (Å²) in [5, 5.41) is 8.70. The van der Waals surface area contributed by atoms with Crippen LogP contribution in [0, 0.1) is 6.92 Å². The van der Waals surface area contributed by atoms with Crippen LogP contribution in [0.2, 0.25) is 0 Å². The number of nitrogens with zero attached hydrogens (tertiary/aromatic N) is 1. The summed E-state index contributed by atoms with van der Waals surface area (Å²) < 4.78 is 5.16. The van der Waals surface area contributed by atoms with Crippen LogP contribution in [0.15, 0.2) is 48.5 Å². The van der Waals surface area contributed by atoms with Crippen molar-refractivity contribution in [2.45, 2.75) is 32.7 Å². The molecule has 0 spiro atoms. The molecule has 1 atom stereocenters. The molecule has 2 aromatic rings. The lowest BCUT2D eigenvalue weighted by Gasteiger charge is -2.28. The molecule has 2 rings (SSSR count). The van der Waals surface area contributed by atoms with Crippen molar-refractivity contribution < 1.29 is 19.4 Å². The van der Waals surface area contributed by atoms with E-state index in [4.69, 9.17) is 9.84 Å². The average molecular weight is 355 g/mol. The lowest BCUT2D eigenvalue weighted by atomic mass is 10.0. The van der Waals surface area contributed by atoms with Crippen molar-refractivity contribution >= 4 is 11.9 Å². The van der Waals surface area contributed by atoms with E-state index in [0.29, 0.717) is 11.3 Å². The first-order valence-electron chi connectivity index (χ1n) is 8.68. The van der Waals surface area contributed by atoms with Crippen LogP contribution >= 0.6 is 0 Å². The lowest BCUT2D eigenvalue weighted by molar-refractivity contribution is -0.139. The number of carboxylic acid groups (broad SMARTS) is 1. The highest BCUT2D eigenvalue weighted by Gasteiger charge is 2.20. The molecule has 2 aromatic carbocycles. The summed E-state index contributed by atoms with van der Waals surface area (Å²) in [5.74, 6) is -0.786. The van der Waals surface area contributed by atoms with Gasteiger partial charge in [0, 0.05) is 18.7 Å². The summed E-state index contributed by atoms with van der Waals surface area (Å²) >= 11 is 0. The monoisotopic (exact) mass is 355 g/mol.